The lowest BCUT2D eigenvalue weighted by atomic mass is 10.0. The van der Waals surface area contributed by atoms with Gasteiger partial charge in [-0.25, -0.2) is 0 Å². The molecule has 2 aromatic rings. The van der Waals surface area contributed by atoms with Crippen molar-refractivity contribution in [2.45, 2.75) is 37.8 Å². The van der Waals surface area contributed by atoms with E-state index in [2.05, 4.69) is 5.32 Å². The third-order valence-corrected chi connectivity index (χ3v) is 6.10. The highest BCUT2D eigenvalue weighted by Crippen LogP contribution is 2.13. The zero-order chi connectivity index (χ0) is 23.5. The first-order chi connectivity index (χ1) is 15.3. The van der Waals surface area contributed by atoms with Crippen LogP contribution in [0, 0.1) is 0 Å². The maximum atomic E-state index is 12.9. The summed E-state index contributed by atoms with van der Waals surface area (Å²) in [5.74, 6) is -0.171. The number of nitrogens with zero attached hydrogens (tertiary/aromatic N) is 1. The van der Waals surface area contributed by atoms with Crippen LogP contribution in [0.25, 0.3) is 0 Å². The van der Waals surface area contributed by atoms with Crippen molar-refractivity contribution in [3.8, 4) is 5.75 Å². The third-order valence-electron chi connectivity index (χ3n) is 5.29. The topological polar surface area (TPSA) is 113 Å². The van der Waals surface area contributed by atoms with E-state index in [9.17, 15) is 18.9 Å². The Bertz CT molecular complexity index is 890. The third kappa shape index (κ3) is 8.43. The van der Waals surface area contributed by atoms with E-state index in [-0.39, 0.29) is 24.0 Å². The van der Waals surface area contributed by atoms with Crippen LogP contribution in [0.2, 0.25) is 0 Å². The molecular formula is C24H33N3O4S. The van der Waals surface area contributed by atoms with E-state index < -0.39 is 22.9 Å². The SMILES string of the molecule is CN(C(=O)[C@@H](N)Cc1ccc(O)cc1)[C@H](CCS(C)=O)C(=O)NCCCc1ccccc1. The molecule has 2 amide bonds. The van der Waals surface area contributed by atoms with Crippen molar-refractivity contribution in [3.05, 3.63) is 65.7 Å². The van der Waals surface area contributed by atoms with Crippen LogP contribution in [0.1, 0.15) is 24.0 Å². The molecule has 2 aromatic carbocycles. The minimum Gasteiger partial charge on any atom is -0.508 e. The zero-order valence-electron chi connectivity index (χ0n) is 18.7. The molecule has 0 aromatic heterocycles. The minimum absolute atomic E-state index is 0.141. The van der Waals surface area contributed by atoms with Crippen molar-refractivity contribution in [2.24, 2.45) is 5.73 Å². The maximum Gasteiger partial charge on any atom is 0.242 e. The highest BCUT2D eigenvalue weighted by molar-refractivity contribution is 7.84. The molecule has 0 aliphatic carbocycles. The summed E-state index contributed by atoms with van der Waals surface area (Å²) < 4.78 is 11.6. The van der Waals surface area contributed by atoms with Gasteiger partial charge in [-0.15, -0.1) is 0 Å². The number of aryl methyl sites for hydroxylation is 1. The van der Waals surface area contributed by atoms with Crippen LogP contribution >= 0.6 is 0 Å². The second-order valence-corrected chi connectivity index (χ2v) is 9.44. The van der Waals surface area contributed by atoms with Gasteiger partial charge in [0.15, 0.2) is 0 Å². The number of nitrogens with two attached hydrogens (primary N) is 1. The summed E-state index contributed by atoms with van der Waals surface area (Å²) in [6.07, 6.45) is 3.78. The predicted octanol–water partition coefficient (Wildman–Crippen LogP) is 1.61. The fourth-order valence-corrected chi connectivity index (χ4v) is 3.99. The standard InChI is InChI=1S/C24H33N3O4S/c1-27(24(30)21(25)17-19-10-12-20(28)13-11-19)22(14-16-32(2)31)23(29)26-15-6-9-18-7-4-3-5-8-18/h3-5,7-8,10-13,21-22,28H,6,9,14-17,25H2,1-2H3,(H,26,29)/t21-,22+,32?/m0/s1. The van der Waals surface area contributed by atoms with E-state index >= 15 is 0 Å². The molecule has 1 unspecified atom stereocenters. The number of likely N-dealkylation sites (N-methyl/N-ethyl adjacent to an activating group) is 1. The molecule has 0 bridgehead atoms. The Labute approximate surface area is 192 Å². The maximum absolute atomic E-state index is 12.9. The lowest BCUT2D eigenvalue weighted by molar-refractivity contribution is -0.140. The zero-order valence-corrected chi connectivity index (χ0v) is 19.5. The molecular weight excluding hydrogens is 426 g/mol. The van der Waals surface area contributed by atoms with Gasteiger partial charge in [-0.1, -0.05) is 42.5 Å². The molecule has 32 heavy (non-hydrogen) atoms. The summed E-state index contributed by atoms with van der Waals surface area (Å²) in [4.78, 5) is 27.1. The van der Waals surface area contributed by atoms with Crippen molar-refractivity contribution < 1.29 is 18.9 Å². The Hall–Kier alpha value is -2.71. The van der Waals surface area contributed by atoms with Gasteiger partial charge in [-0.05, 0) is 48.9 Å². The van der Waals surface area contributed by atoms with Gasteiger partial charge in [0.05, 0.1) is 6.04 Å². The summed E-state index contributed by atoms with van der Waals surface area (Å²) in [6, 6.07) is 14.9. The van der Waals surface area contributed by atoms with E-state index in [4.69, 9.17) is 5.73 Å². The normalized spacial score (nSPS) is 13.7. The number of nitrogens with one attached hydrogen (secondary N) is 1. The number of hydrogen-bond acceptors (Lipinski definition) is 5. The molecule has 2 rings (SSSR count). The smallest absolute Gasteiger partial charge is 0.242 e. The van der Waals surface area contributed by atoms with Crippen LogP contribution in [0.4, 0.5) is 0 Å². The fraction of sp³-hybridized carbons (Fsp3) is 0.417. The number of phenols is 1. The largest absolute Gasteiger partial charge is 0.508 e. The Balaban J connectivity index is 1.95. The molecule has 8 heteroatoms. The first kappa shape index (κ1) is 25.5. The Morgan fingerprint density at radius 1 is 1.09 bits per heavy atom. The first-order valence-corrected chi connectivity index (χ1v) is 12.4. The number of benzene rings is 2. The highest BCUT2D eigenvalue weighted by atomic mass is 32.2. The summed E-state index contributed by atoms with van der Waals surface area (Å²) in [5.41, 5.74) is 8.14. The summed E-state index contributed by atoms with van der Waals surface area (Å²) in [5, 5.41) is 12.3. The number of hydrogen-bond donors (Lipinski definition) is 3. The second-order valence-electron chi connectivity index (χ2n) is 7.89. The number of rotatable bonds is 12. The Morgan fingerprint density at radius 3 is 2.38 bits per heavy atom. The van der Waals surface area contributed by atoms with Gasteiger partial charge in [0.25, 0.3) is 0 Å². The van der Waals surface area contributed by atoms with E-state index in [1.807, 2.05) is 30.3 Å². The molecule has 0 heterocycles. The molecule has 174 valence electrons. The van der Waals surface area contributed by atoms with E-state index in [0.29, 0.717) is 18.7 Å². The van der Waals surface area contributed by atoms with Gasteiger partial charge in [-0.3, -0.25) is 13.8 Å². The molecule has 0 saturated carbocycles. The lowest BCUT2D eigenvalue weighted by Crippen LogP contribution is -2.53. The van der Waals surface area contributed by atoms with Crippen molar-refractivity contribution in [1.29, 1.82) is 0 Å². The van der Waals surface area contributed by atoms with Crippen molar-refractivity contribution in [2.75, 3.05) is 25.6 Å². The van der Waals surface area contributed by atoms with Gasteiger partial charge in [0.1, 0.15) is 11.8 Å². The average molecular weight is 460 g/mol. The molecule has 7 nitrogen and oxygen atoms in total. The van der Waals surface area contributed by atoms with Crippen LogP contribution in [0.15, 0.2) is 54.6 Å². The van der Waals surface area contributed by atoms with Crippen molar-refractivity contribution >= 4 is 22.6 Å². The van der Waals surface area contributed by atoms with Crippen LogP contribution < -0.4 is 11.1 Å². The molecule has 4 N–H and O–H groups in total. The van der Waals surface area contributed by atoms with Gasteiger partial charge in [0.2, 0.25) is 11.8 Å². The molecule has 0 radical (unpaired) electrons. The summed E-state index contributed by atoms with van der Waals surface area (Å²) in [7, 11) is 0.479. The highest BCUT2D eigenvalue weighted by Gasteiger charge is 2.29. The van der Waals surface area contributed by atoms with Gasteiger partial charge in [0, 0.05) is 36.4 Å². The van der Waals surface area contributed by atoms with Crippen LogP contribution in [0.3, 0.4) is 0 Å². The first-order valence-electron chi connectivity index (χ1n) is 10.7. The minimum atomic E-state index is -1.08. The number of amides is 2. The fourth-order valence-electron chi connectivity index (χ4n) is 3.43. The number of carbonyl (C=O) groups is 2. The van der Waals surface area contributed by atoms with Crippen LogP contribution in [-0.4, -0.2) is 63.7 Å². The number of carbonyl (C=O) groups excluding carboxylic acids is 2. The molecule has 0 aliphatic heterocycles. The molecule has 0 aliphatic rings. The lowest BCUT2D eigenvalue weighted by Gasteiger charge is -2.29. The van der Waals surface area contributed by atoms with E-state index in [1.165, 1.54) is 10.5 Å². The monoisotopic (exact) mass is 459 g/mol. The van der Waals surface area contributed by atoms with Crippen molar-refractivity contribution in [3.63, 3.8) is 0 Å². The van der Waals surface area contributed by atoms with Gasteiger partial charge < -0.3 is 21.1 Å². The van der Waals surface area contributed by atoms with E-state index in [1.54, 1.807) is 37.6 Å². The quantitative estimate of drug-likeness (QED) is 0.418. The number of aromatic hydroxyl groups is 1. The summed E-state index contributed by atoms with van der Waals surface area (Å²) in [6.45, 7) is 0.487. The molecule has 0 fully saturated rings. The summed E-state index contributed by atoms with van der Waals surface area (Å²) >= 11 is 0. The predicted molar refractivity (Wildman–Crippen MR) is 128 cm³/mol. The Morgan fingerprint density at radius 2 is 1.75 bits per heavy atom. The van der Waals surface area contributed by atoms with Gasteiger partial charge in [-0.2, -0.15) is 0 Å². The van der Waals surface area contributed by atoms with E-state index in [0.717, 1.165) is 18.4 Å². The van der Waals surface area contributed by atoms with Crippen LogP contribution in [0.5, 0.6) is 5.75 Å². The Kier molecular flexibility index (Phi) is 10.4. The second kappa shape index (κ2) is 13.0. The van der Waals surface area contributed by atoms with Gasteiger partial charge >= 0.3 is 0 Å². The van der Waals surface area contributed by atoms with Crippen molar-refractivity contribution in [1.82, 2.24) is 10.2 Å². The molecule has 3 atom stereocenters. The average Bonchev–Trinajstić information content (AvgIpc) is 2.78. The number of phenolic OH excluding ortho intramolecular Hbond substituents is 1. The van der Waals surface area contributed by atoms with Crippen LogP contribution in [-0.2, 0) is 33.2 Å². The molecule has 0 spiro atoms. The molecule has 0 saturated heterocycles.